The van der Waals surface area contributed by atoms with Gasteiger partial charge in [0.2, 0.25) is 0 Å². The molecule has 0 aromatic heterocycles. The van der Waals surface area contributed by atoms with Crippen molar-refractivity contribution in [3.8, 4) is 11.1 Å². The summed E-state index contributed by atoms with van der Waals surface area (Å²) < 4.78 is 5.38. The Morgan fingerprint density at radius 2 is 1.54 bits per heavy atom. The van der Waals surface area contributed by atoms with E-state index in [1.807, 2.05) is 36.4 Å². The second-order valence-electron chi connectivity index (χ2n) is 5.62. The van der Waals surface area contributed by atoms with Gasteiger partial charge in [-0.25, -0.2) is 4.79 Å². The second-order valence-corrected chi connectivity index (χ2v) is 5.62. The Bertz CT molecular complexity index is 732. The maximum atomic E-state index is 12.1. The largest absolute Gasteiger partial charge is 2.00 e. The molecule has 1 aliphatic rings. The van der Waals surface area contributed by atoms with Crippen molar-refractivity contribution in [1.29, 1.82) is 0 Å². The van der Waals surface area contributed by atoms with Crippen LogP contribution in [0.25, 0.3) is 11.1 Å². The van der Waals surface area contributed by atoms with Gasteiger partial charge in [-0.1, -0.05) is 48.5 Å². The fraction of sp³-hybridized carbons (Fsp3) is 0.200. The topological polar surface area (TPSA) is 66.8 Å². The minimum Gasteiger partial charge on any atom is -0.480 e. The van der Waals surface area contributed by atoms with Crippen LogP contribution in [-0.4, -0.2) is 41.8 Å². The zero-order chi connectivity index (χ0) is 17.1. The maximum Gasteiger partial charge on any atom is 2.00 e. The Balaban J connectivity index is 0.00000169. The van der Waals surface area contributed by atoms with Crippen molar-refractivity contribution in [2.24, 2.45) is 0 Å². The molecule has 26 heavy (non-hydrogen) atoms. The molecule has 0 atom stereocenters. The number of hydrogen-bond donors (Lipinski definition) is 1. The predicted molar refractivity (Wildman–Crippen MR) is 96.0 cm³/mol. The van der Waals surface area contributed by atoms with Crippen LogP contribution in [0.2, 0.25) is 0 Å². The molecule has 0 unspecified atom stereocenters. The summed E-state index contributed by atoms with van der Waals surface area (Å²) in [5, 5.41) is 8.83. The second kappa shape index (κ2) is 9.80. The molecular formula is C20H21NO4U. The van der Waals surface area contributed by atoms with Crippen molar-refractivity contribution in [2.45, 2.75) is 5.92 Å². The Morgan fingerprint density at radius 3 is 2.00 bits per heavy atom. The van der Waals surface area contributed by atoms with Gasteiger partial charge in [0.25, 0.3) is 0 Å². The molecule has 0 bridgehead atoms. The van der Waals surface area contributed by atoms with Crippen molar-refractivity contribution in [1.82, 2.24) is 4.90 Å². The number of carbonyl (C=O) groups excluding carboxylic acids is 1. The first kappa shape index (κ1) is 22.3. The summed E-state index contributed by atoms with van der Waals surface area (Å²) in [5.74, 6) is -1.13. The zero-order valence-electron chi connectivity index (χ0n) is 14.6. The SMILES string of the molecule is [CH2-]CN(CC(=O)O)C(=O)OCC1c2ccccc2-c2ccccc21.[CH3-].[U+2]. The third kappa shape index (κ3) is 4.49. The van der Waals surface area contributed by atoms with E-state index in [4.69, 9.17) is 9.84 Å². The summed E-state index contributed by atoms with van der Waals surface area (Å²) >= 11 is 0. The van der Waals surface area contributed by atoms with Crippen molar-refractivity contribution >= 4 is 12.1 Å². The molecule has 134 valence electrons. The predicted octanol–water partition coefficient (Wildman–Crippen LogP) is 3.61. The molecule has 1 aliphatic carbocycles. The number of carboxylic acids is 1. The molecular weight excluding hydrogens is 556 g/mol. The number of carboxylic acid groups (broad SMARTS) is 1. The number of carbonyl (C=O) groups is 2. The van der Waals surface area contributed by atoms with Crippen LogP contribution in [0.3, 0.4) is 0 Å². The molecule has 0 aliphatic heterocycles. The fourth-order valence-corrected chi connectivity index (χ4v) is 3.08. The summed E-state index contributed by atoms with van der Waals surface area (Å²) in [6.45, 7) is 3.37. The Labute approximate surface area is 177 Å². The quantitative estimate of drug-likeness (QED) is 0.552. The first-order chi connectivity index (χ1) is 11.6. The standard InChI is InChI=1S/C19H18NO4.CH3.U/c1-2-20(11-18(21)22)19(23)24-12-17-15-9-5-3-7-13(15)14-8-4-6-10-16(14)17;;/h3-10,17H,1-2,11-12H2,(H,21,22);1H3;/q2*-1;+2. The summed E-state index contributed by atoms with van der Waals surface area (Å²) in [4.78, 5) is 23.9. The van der Waals surface area contributed by atoms with E-state index < -0.39 is 18.6 Å². The van der Waals surface area contributed by atoms with Crippen LogP contribution in [0, 0.1) is 45.5 Å². The third-order valence-corrected chi connectivity index (χ3v) is 4.19. The van der Waals surface area contributed by atoms with Gasteiger partial charge in [0.15, 0.2) is 0 Å². The van der Waals surface area contributed by atoms with E-state index in [0.717, 1.165) is 27.2 Å². The summed E-state index contributed by atoms with van der Waals surface area (Å²) in [5.41, 5.74) is 4.53. The van der Waals surface area contributed by atoms with E-state index in [-0.39, 0.29) is 57.6 Å². The van der Waals surface area contributed by atoms with Gasteiger partial charge in [0.05, 0.1) is 0 Å². The van der Waals surface area contributed by atoms with Gasteiger partial charge in [-0.15, -0.1) is 6.54 Å². The molecule has 0 saturated carbocycles. The molecule has 0 saturated heterocycles. The molecule has 1 N–H and O–H groups in total. The molecule has 6 heteroatoms. The van der Waals surface area contributed by atoms with Gasteiger partial charge in [-0.05, 0) is 22.3 Å². The van der Waals surface area contributed by atoms with Crippen LogP contribution < -0.4 is 0 Å². The molecule has 5 nitrogen and oxygen atoms in total. The zero-order valence-corrected chi connectivity index (χ0v) is 18.8. The van der Waals surface area contributed by atoms with Crippen LogP contribution >= 0.6 is 0 Å². The number of hydrogen-bond acceptors (Lipinski definition) is 3. The van der Waals surface area contributed by atoms with Crippen LogP contribution in [0.4, 0.5) is 4.79 Å². The van der Waals surface area contributed by atoms with E-state index in [9.17, 15) is 9.59 Å². The summed E-state index contributed by atoms with van der Waals surface area (Å²) in [6, 6.07) is 16.1. The van der Waals surface area contributed by atoms with Gasteiger partial charge in [-0.3, -0.25) is 4.79 Å². The van der Waals surface area contributed by atoms with Crippen molar-refractivity contribution in [3.05, 3.63) is 74.0 Å². The van der Waals surface area contributed by atoms with Gasteiger partial charge in [-0.2, -0.15) is 0 Å². The molecule has 0 spiro atoms. The molecule has 0 fully saturated rings. The van der Waals surface area contributed by atoms with Crippen LogP contribution in [0.5, 0.6) is 0 Å². The first-order valence-electron chi connectivity index (χ1n) is 7.72. The van der Waals surface area contributed by atoms with Crippen molar-refractivity contribution in [3.63, 3.8) is 0 Å². The van der Waals surface area contributed by atoms with Crippen molar-refractivity contribution in [2.75, 3.05) is 19.7 Å². The average molecular weight is 577 g/mol. The third-order valence-electron chi connectivity index (χ3n) is 4.19. The number of nitrogens with zero attached hydrogens (tertiary/aromatic N) is 1. The van der Waals surface area contributed by atoms with E-state index in [1.165, 1.54) is 0 Å². The number of aliphatic carboxylic acids is 1. The smallest absolute Gasteiger partial charge is 0.480 e. The molecule has 2 aromatic rings. The number of ether oxygens (including phenoxy) is 1. The summed E-state index contributed by atoms with van der Waals surface area (Å²) in [7, 11) is 0. The Hall–Kier alpha value is -1.77. The minimum atomic E-state index is -1.09. The minimum absolute atomic E-state index is 0. The van der Waals surface area contributed by atoms with Crippen LogP contribution in [0.15, 0.2) is 48.5 Å². The monoisotopic (exact) mass is 577 g/mol. The van der Waals surface area contributed by atoms with Gasteiger partial charge < -0.3 is 29.1 Å². The number of benzene rings is 2. The van der Waals surface area contributed by atoms with E-state index in [1.54, 1.807) is 0 Å². The van der Waals surface area contributed by atoms with Gasteiger partial charge in [0, 0.05) is 5.92 Å². The Kier molecular flexibility index (Phi) is 8.39. The Morgan fingerprint density at radius 1 is 1.04 bits per heavy atom. The first-order valence-corrected chi connectivity index (χ1v) is 7.72. The molecule has 0 radical (unpaired) electrons. The number of rotatable bonds is 5. The molecule has 0 heterocycles. The van der Waals surface area contributed by atoms with E-state index >= 15 is 0 Å². The number of amides is 1. The molecule has 1 amide bonds. The van der Waals surface area contributed by atoms with E-state index in [2.05, 4.69) is 19.1 Å². The van der Waals surface area contributed by atoms with Crippen LogP contribution in [0.1, 0.15) is 17.0 Å². The van der Waals surface area contributed by atoms with Gasteiger partial charge >= 0.3 is 43.2 Å². The molecule has 2 aromatic carbocycles. The molecule has 3 rings (SSSR count). The fourth-order valence-electron chi connectivity index (χ4n) is 3.08. The average Bonchev–Trinajstić information content (AvgIpc) is 2.91. The van der Waals surface area contributed by atoms with Gasteiger partial charge in [0.1, 0.15) is 13.2 Å². The van der Waals surface area contributed by atoms with Crippen LogP contribution in [-0.2, 0) is 9.53 Å². The summed E-state index contributed by atoms with van der Waals surface area (Å²) in [6.07, 6.45) is -0.658. The van der Waals surface area contributed by atoms with E-state index in [0.29, 0.717) is 0 Å². The van der Waals surface area contributed by atoms with Crippen molar-refractivity contribution < 1.29 is 50.5 Å². The maximum absolute atomic E-state index is 12.1. The number of fused-ring (bicyclic) bond motifs is 3. The normalized spacial score (nSPS) is 11.4.